The highest BCUT2D eigenvalue weighted by Crippen LogP contribution is 2.44. The van der Waals surface area contributed by atoms with E-state index in [-0.39, 0.29) is 10.8 Å². The monoisotopic (exact) mass is 664 g/mol. The molecule has 0 fully saturated rings. The highest BCUT2D eigenvalue weighted by Gasteiger charge is 2.26. The molecule has 0 unspecified atom stereocenters. The van der Waals surface area contributed by atoms with E-state index in [2.05, 4.69) is 133 Å². The van der Waals surface area contributed by atoms with Gasteiger partial charge in [0.25, 0.3) is 0 Å². The van der Waals surface area contributed by atoms with E-state index in [9.17, 15) is 10.5 Å². The van der Waals surface area contributed by atoms with Gasteiger partial charge in [0.15, 0.2) is 0 Å². The zero-order valence-electron chi connectivity index (χ0n) is 30.8. The summed E-state index contributed by atoms with van der Waals surface area (Å²) in [6.45, 7) is 17.5. The lowest BCUT2D eigenvalue weighted by Crippen LogP contribution is -2.15. The molecular weight excluding hydrogens is 621 g/mol. The predicted molar refractivity (Wildman–Crippen MR) is 212 cm³/mol. The van der Waals surface area contributed by atoms with Crippen LogP contribution < -0.4 is 4.90 Å². The average Bonchev–Trinajstić information content (AvgIpc) is 3.11. The summed E-state index contributed by atoms with van der Waals surface area (Å²) in [6, 6.07) is 46.4. The van der Waals surface area contributed by atoms with Gasteiger partial charge >= 0.3 is 0 Å². The van der Waals surface area contributed by atoms with Gasteiger partial charge in [0, 0.05) is 33.8 Å². The van der Waals surface area contributed by atoms with Gasteiger partial charge in [0.2, 0.25) is 0 Å². The van der Waals surface area contributed by atoms with E-state index < -0.39 is 0 Å². The van der Waals surface area contributed by atoms with Gasteiger partial charge in [-0.3, -0.25) is 0 Å². The molecule has 0 radical (unpaired) electrons. The fourth-order valence-electron chi connectivity index (χ4n) is 6.80. The van der Waals surface area contributed by atoms with E-state index in [4.69, 9.17) is 4.98 Å². The number of pyridine rings is 1. The number of hydrogen-bond acceptors (Lipinski definition) is 4. The molecule has 4 nitrogen and oxygen atoms in total. The van der Waals surface area contributed by atoms with Gasteiger partial charge in [-0.1, -0.05) is 126 Å². The van der Waals surface area contributed by atoms with E-state index in [0.717, 1.165) is 44.9 Å². The highest BCUT2D eigenvalue weighted by molar-refractivity contribution is 5.92. The number of anilines is 3. The van der Waals surface area contributed by atoms with Crippen molar-refractivity contribution in [3.8, 4) is 45.8 Å². The van der Waals surface area contributed by atoms with E-state index in [0.29, 0.717) is 28.1 Å². The van der Waals surface area contributed by atoms with E-state index >= 15 is 0 Å². The molecule has 0 amide bonds. The zero-order valence-corrected chi connectivity index (χ0v) is 30.8. The Labute approximate surface area is 303 Å². The smallest absolute Gasteiger partial charge is 0.102 e. The van der Waals surface area contributed by atoms with E-state index in [1.54, 1.807) is 0 Å². The van der Waals surface area contributed by atoms with Crippen molar-refractivity contribution in [2.45, 2.75) is 66.2 Å². The number of hydrogen-bond donors (Lipinski definition) is 0. The summed E-state index contributed by atoms with van der Waals surface area (Å²) in [5.41, 5.74) is 12.7. The van der Waals surface area contributed by atoms with Gasteiger partial charge in [-0.25, -0.2) is 4.98 Å². The van der Waals surface area contributed by atoms with Crippen LogP contribution in [0.4, 0.5) is 17.1 Å². The maximum Gasteiger partial charge on any atom is 0.102 e. The molecule has 0 bridgehead atoms. The molecule has 0 N–H and O–H groups in total. The Hall–Kier alpha value is -5.97. The number of benzene rings is 5. The molecule has 1 heterocycles. The molecule has 6 aromatic rings. The van der Waals surface area contributed by atoms with Crippen molar-refractivity contribution < 1.29 is 0 Å². The standard InChI is InChI=1S/C47H44N4/c1-31-27-39(51(37-23-19-35(20-24-37)46(3,4)5)38-25-21-36(22-26-38)47(6,7)8)28-32(2)42(31)43-40(29-48)44(33-15-11-9-12-16-33)50-45(41(43)30-49)34-17-13-10-14-18-34/h9-28H,1-8H3. The van der Waals surface area contributed by atoms with Gasteiger partial charge in [-0.05, 0) is 88.9 Å². The van der Waals surface area contributed by atoms with Crippen LogP contribution in [0.3, 0.4) is 0 Å². The number of rotatable bonds is 6. The lowest BCUT2D eigenvalue weighted by Gasteiger charge is -2.29. The van der Waals surface area contributed by atoms with Crippen molar-refractivity contribution in [3.63, 3.8) is 0 Å². The minimum Gasteiger partial charge on any atom is -0.310 e. The first-order chi connectivity index (χ1) is 24.3. The minimum absolute atomic E-state index is 0.0329. The molecule has 0 saturated carbocycles. The second-order valence-corrected chi connectivity index (χ2v) is 15.3. The minimum atomic E-state index is 0.0329. The van der Waals surface area contributed by atoms with Crippen LogP contribution in [-0.2, 0) is 10.8 Å². The van der Waals surface area contributed by atoms with Crippen LogP contribution in [0.2, 0.25) is 0 Å². The van der Waals surface area contributed by atoms with Crippen LogP contribution in [0.25, 0.3) is 33.6 Å². The Morgan fingerprint density at radius 1 is 0.490 bits per heavy atom. The lowest BCUT2D eigenvalue weighted by molar-refractivity contribution is 0.590. The summed E-state index contributed by atoms with van der Waals surface area (Å²) < 4.78 is 0. The fraction of sp³-hybridized carbons (Fsp3) is 0.213. The summed E-state index contributed by atoms with van der Waals surface area (Å²) in [6.07, 6.45) is 0. The molecule has 0 aliphatic rings. The van der Waals surface area contributed by atoms with Crippen LogP contribution in [0.1, 0.15) is 74.9 Å². The Bertz CT molecular complexity index is 2120. The quantitative estimate of drug-likeness (QED) is 0.178. The number of nitriles is 2. The van der Waals surface area contributed by atoms with Gasteiger partial charge in [-0.15, -0.1) is 0 Å². The summed E-state index contributed by atoms with van der Waals surface area (Å²) in [5, 5.41) is 21.6. The first-order valence-corrected chi connectivity index (χ1v) is 17.4. The highest BCUT2D eigenvalue weighted by atomic mass is 15.1. The molecule has 51 heavy (non-hydrogen) atoms. The van der Waals surface area contributed by atoms with Gasteiger partial charge in [0.1, 0.15) is 12.1 Å². The second-order valence-electron chi connectivity index (χ2n) is 15.3. The third-order valence-corrected chi connectivity index (χ3v) is 9.52. The van der Waals surface area contributed by atoms with Crippen molar-refractivity contribution in [1.82, 2.24) is 4.98 Å². The molecule has 0 saturated heterocycles. The summed E-state index contributed by atoms with van der Waals surface area (Å²) in [4.78, 5) is 7.31. The van der Waals surface area contributed by atoms with E-state index in [1.807, 2.05) is 60.7 Å². The van der Waals surface area contributed by atoms with Crippen LogP contribution in [0.15, 0.2) is 121 Å². The SMILES string of the molecule is Cc1cc(N(c2ccc(C(C)(C)C)cc2)c2ccc(C(C)(C)C)cc2)cc(C)c1-c1c(C#N)c(-c2ccccc2)nc(-c2ccccc2)c1C#N. The second kappa shape index (κ2) is 13.7. The molecule has 1 aromatic heterocycles. The zero-order chi connectivity index (χ0) is 36.5. The van der Waals surface area contributed by atoms with Crippen molar-refractivity contribution in [3.05, 3.63) is 155 Å². The summed E-state index contributed by atoms with van der Waals surface area (Å²) >= 11 is 0. The molecule has 0 aliphatic carbocycles. The third kappa shape index (κ3) is 6.92. The van der Waals surface area contributed by atoms with Crippen LogP contribution in [0.5, 0.6) is 0 Å². The molecule has 252 valence electrons. The van der Waals surface area contributed by atoms with Crippen molar-refractivity contribution in [2.24, 2.45) is 0 Å². The Kier molecular flexibility index (Phi) is 9.40. The molecule has 0 atom stereocenters. The third-order valence-electron chi connectivity index (χ3n) is 9.52. The largest absolute Gasteiger partial charge is 0.310 e. The molecule has 6 rings (SSSR count). The number of nitrogens with zero attached hydrogens (tertiary/aromatic N) is 4. The average molecular weight is 665 g/mol. The fourth-order valence-corrected chi connectivity index (χ4v) is 6.80. The van der Waals surface area contributed by atoms with E-state index in [1.165, 1.54) is 11.1 Å². The topological polar surface area (TPSA) is 63.7 Å². The maximum absolute atomic E-state index is 10.8. The Morgan fingerprint density at radius 3 is 1.20 bits per heavy atom. The number of aromatic nitrogens is 1. The Morgan fingerprint density at radius 2 is 0.863 bits per heavy atom. The molecule has 5 aromatic carbocycles. The summed E-state index contributed by atoms with van der Waals surface area (Å²) in [5.74, 6) is 0. The first-order valence-electron chi connectivity index (χ1n) is 17.4. The predicted octanol–water partition coefficient (Wildman–Crippen LogP) is 12.5. The van der Waals surface area contributed by atoms with Crippen molar-refractivity contribution in [1.29, 1.82) is 10.5 Å². The summed E-state index contributed by atoms with van der Waals surface area (Å²) in [7, 11) is 0. The van der Waals surface area contributed by atoms with Gasteiger partial charge in [-0.2, -0.15) is 10.5 Å². The Balaban J connectivity index is 1.60. The van der Waals surface area contributed by atoms with Crippen molar-refractivity contribution in [2.75, 3.05) is 4.90 Å². The lowest BCUT2D eigenvalue weighted by atomic mass is 9.85. The van der Waals surface area contributed by atoms with Crippen LogP contribution in [-0.4, -0.2) is 4.98 Å². The first kappa shape index (κ1) is 34.9. The maximum atomic E-state index is 10.8. The molecule has 0 aliphatic heterocycles. The molecule has 4 heteroatoms. The molecule has 0 spiro atoms. The van der Waals surface area contributed by atoms with Crippen LogP contribution >= 0.6 is 0 Å². The van der Waals surface area contributed by atoms with Gasteiger partial charge in [0.05, 0.1) is 22.5 Å². The number of aryl methyl sites for hydroxylation is 2. The normalized spacial score (nSPS) is 11.5. The van der Waals surface area contributed by atoms with Gasteiger partial charge < -0.3 is 4.90 Å². The van der Waals surface area contributed by atoms with Crippen molar-refractivity contribution >= 4 is 17.1 Å². The van der Waals surface area contributed by atoms with Crippen LogP contribution in [0, 0.1) is 36.5 Å². The molecular formula is C47H44N4.